The van der Waals surface area contributed by atoms with Crippen molar-refractivity contribution >= 4 is 22.8 Å². The van der Waals surface area contributed by atoms with Gasteiger partial charge in [-0.1, -0.05) is 19.9 Å². The number of nitrogens with zero attached hydrogens (tertiary/aromatic N) is 8. The van der Waals surface area contributed by atoms with E-state index in [9.17, 15) is 13.2 Å². The van der Waals surface area contributed by atoms with Crippen molar-refractivity contribution in [3.05, 3.63) is 47.3 Å². The Bertz CT molecular complexity index is 1550. The summed E-state index contributed by atoms with van der Waals surface area (Å²) in [5, 5.41) is 8.43. The topological polar surface area (TPSA) is 76.6 Å². The van der Waals surface area contributed by atoms with Crippen molar-refractivity contribution in [2.45, 2.75) is 84.7 Å². The predicted octanol–water partition coefficient (Wildman–Crippen LogP) is 5.33. The van der Waals surface area contributed by atoms with Crippen LogP contribution in [-0.4, -0.2) is 71.9 Å². The highest BCUT2D eigenvalue weighted by Crippen LogP contribution is 2.37. The third-order valence-corrected chi connectivity index (χ3v) is 8.61. The molecule has 2 saturated heterocycles. The van der Waals surface area contributed by atoms with Crippen LogP contribution >= 0.6 is 0 Å². The van der Waals surface area contributed by atoms with Crippen LogP contribution in [0.5, 0.6) is 0 Å². The quantitative estimate of drug-likeness (QED) is 0.297. The number of aryl methyl sites for hydroxylation is 1. The van der Waals surface area contributed by atoms with Crippen LogP contribution < -0.4 is 4.90 Å². The smallest absolute Gasteiger partial charge is 0.266 e. The third kappa shape index (κ3) is 4.94. The number of anilines is 1. The molecule has 0 amide bonds. The van der Waals surface area contributed by atoms with E-state index in [2.05, 4.69) is 52.3 Å². The molecule has 4 atom stereocenters. The zero-order chi connectivity index (χ0) is 29.0. The summed E-state index contributed by atoms with van der Waals surface area (Å²) in [7, 11) is 0. The van der Waals surface area contributed by atoms with E-state index in [4.69, 9.17) is 14.7 Å². The van der Waals surface area contributed by atoms with E-state index in [1.54, 1.807) is 12.4 Å². The van der Waals surface area contributed by atoms with Crippen molar-refractivity contribution in [1.29, 1.82) is 0 Å². The van der Waals surface area contributed by atoms with Gasteiger partial charge in [-0.25, -0.2) is 22.6 Å². The maximum Gasteiger partial charge on any atom is 0.266 e. The second kappa shape index (κ2) is 10.9. The Morgan fingerprint density at radius 3 is 2.61 bits per heavy atom. The summed E-state index contributed by atoms with van der Waals surface area (Å²) in [5.41, 5.74) is 1.85. The maximum absolute atomic E-state index is 14.1. The highest BCUT2D eigenvalue weighted by atomic mass is 19.3. The zero-order valence-corrected chi connectivity index (χ0v) is 24.1. The van der Waals surface area contributed by atoms with Gasteiger partial charge in [-0.15, -0.1) is 10.2 Å². The molecular formula is C29H37F3N8O. The van der Waals surface area contributed by atoms with Crippen LogP contribution in [0.15, 0.2) is 24.5 Å². The summed E-state index contributed by atoms with van der Waals surface area (Å²) >= 11 is 0. The lowest BCUT2D eigenvalue weighted by molar-refractivity contribution is 0.0816. The fourth-order valence-corrected chi connectivity index (χ4v) is 6.67. The molecule has 9 nitrogen and oxygen atoms in total. The van der Waals surface area contributed by atoms with Gasteiger partial charge in [0, 0.05) is 37.8 Å². The normalized spacial score (nSPS) is 23.1. The minimum Gasteiger partial charge on any atom is -0.376 e. The predicted molar refractivity (Wildman–Crippen MR) is 150 cm³/mol. The standard InChI is InChI=1S/C29H37F3N8O/c1-16(2)25(20-8-9-23(30)22(11-20)26(31)32)37-12-18(4)38(13-17(37)3)27-24-28(40-15-33-36-29(40)35-27)39(19(5)34-24)14-21-7-6-10-41-21/h8-9,11,15-18,21,25-26H,6-7,10,12-14H2,1-5H3/t17-,18+,21+,25?/m1/s1. The Morgan fingerprint density at radius 1 is 1.10 bits per heavy atom. The van der Waals surface area contributed by atoms with Gasteiger partial charge in [-0.2, -0.15) is 4.98 Å². The summed E-state index contributed by atoms with van der Waals surface area (Å²) < 4.78 is 51.3. The summed E-state index contributed by atoms with van der Waals surface area (Å²) in [6.45, 7) is 13.2. The van der Waals surface area contributed by atoms with Crippen LogP contribution in [0.4, 0.5) is 19.0 Å². The molecule has 1 aromatic carbocycles. The van der Waals surface area contributed by atoms with Crippen LogP contribution in [0.2, 0.25) is 0 Å². The Balaban J connectivity index is 1.36. The average molecular weight is 571 g/mol. The van der Waals surface area contributed by atoms with Crippen molar-refractivity contribution in [2.24, 2.45) is 5.92 Å². The fraction of sp³-hybridized carbons (Fsp3) is 0.586. The van der Waals surface area contributed by atoms with E-state index in [1.807, 2.05) is 11.3 Å². The monoisotopic (exact) mass is 570 g/mol. The van der Waals surface area contributed by atoms with Gasteiger partial charge in [0.05, 0.1) is 18.2 Å². The molecule has 0 spiro atoms. The van der Waals surface area contributed by atoms with Gasteiger partial charge in [0.25, 0.3) is 12.2 Å². The van der Waals surface area contributed by atoms with Crippen molar-refractivity contribution in [3.63, 3.8) is 0 Å². The molecule has 0 N–H and O–H groups in total. The molecule has 0 saturated carbocycles. The first-order chi connectivity index (χ1) is 19.6. The number of hydrogen-bond donors (Lipinski definition) is 0. The third-order valence-electron chi connectivity index (χ3n) is 8.61. The molecule has 220 valence electrons. The SMILES string of the molecule is Cc1nc2c(N3C[C@@H](C)N(C(c4ccc(F)c(C(F)F)c4)C(C)C)C[C@@H]3C)nc3nncn3c2n1C[C@@H]1CCCO1. The maximum atomic E-state index is 14.1. The van der Waals surface area contributed by atoms with Gasteiger partial charge in [-0.3, -0.25) is 4.90 Å². The molecule has 1 unspecified atom stereocenters. The number of aromatic nitrogens is 6. The lowest BCUT2D eigenvalue weighted by Gasteiger charge is -2.49. The highest BCUT2D eigenvalue weighted by Gasteiger charge is 2.38. The van der Waals surface area contributed by atoms with Gasteiger partial charge in [0.15, 0.2) is 11.5 Å². The molecule has 3 aromatic heterocycles. The minimum atomic E-state index is -2.86. The lowest BCUT2D eigenvalue weighted by Crippen LogP contribution is -2.58. The van der Waals surface area contributed by atoms with Crippen LogP contribution in [0.3, 0.4) is 0 Å². The van der Waals surface area contributed by atoms with Crippen LogP contribution in [0.25, 0.3) is 16.9 Å². The number of halogens is 3. The molecular weight excluding hydrogens is 533 g/mol. The number of alkyl halides is 2. The number of benzene rings is 1. The first-order valence-electron chi connectivity index (χ1n) is 14.4. The zero-order valence-electron chi connectivity index (χ0n) is 24.1. The summed E-state index contributed by atoms with van der Waals surface area (Å²) in [4.78, 5) is 14.5. The molecule has 0 bridgehead atoms. The Labute approximate surface area is 237 Å². The van der Waals surface area contributed by atoms with Gasteiger partial charge in [0.1, 0.15) is 23.5 Å². The fourth-order valence-electron chi connectivity index (χ4n) is 6.67. The molecule has 6 rings (SSSR count). The molecule has 2 fully saturated rings. The Morgan fingerprint density at radius 2 is 1.90 bits per heavy atom. The Kier molecular flexibility index (Phi) is 7.39. The number of imidazole rings is 1. The molecule has 5 heterocycles. The molecule has 41 heavy (non-hydrogen) atoms. The van der Waals surface area contributed by atoms with Crippen molar-refractivity contribution in [1.82, 2.24) is 34.0 Å². The first-order valence-corrected chi connectivity index (χ1v) is 14.4. The van der Waals surface area contributed by atoms with Gasteiger partial charge < -0.3 is 14.2 Å². The van der Waals surface area contributed by atoms with Gasteiger partial charge >= 0.3 is 0 Å². The lowest BCUT2D eigenvalue weighted by atomic mass is 9.90. The van der Waals surface area contributed by atoms with Crippen LogP contribution in [-0.2, 0) is 11.3 Å². The second-order valence-corrected chi connectivity index (χ2v) is 11.8. The van der Waals surface area contributed by atoms with E-state index in [-0.39, 0.29) is 30.1 Å². The number of rotatable bonds is 7. The number of fused-ring (bicyclic) bond motifs is 3. The van der Waals surface area contributed by atoms with Crippen molar-refractivity contribution < 1.29 is 17.9 Å². The number of piperazine rings is 1. The largest absolute Gasteiger partial charge is 0.376 e. The molecule has 2 aliphatic rings. The van der Waals surface area contributed by atoms with Crippen LogP contribution in [0, 0.1) is 18.7 Å². The van der Waals surface area contributed by atoms with Crippen molar-refractivity contribution in [3.8, 4) is 0 Å². The second-order valence-electron chi connectivity index (χ2n) is 11.8. The summed E-state index contributed by atoms with van der Waals surface area (Å²) in [6, 6.07) is 4.09. The van der Waals surface area contributed by atoms with Gasteiger partial charge in [-0.05, 0) is 57.2 Å². The van der Waals surface area contributed by atoms with Crippen LogP contribution in [0.1, 0.15) is 70.0 Å². The molecule has 0 radical (unpaired) electrons. The Hall–Kier alpha value is -3.25. The van der Waals surface area contributed by atoms with E-state index >= 15 is 0 Å². The van der Waals surface area contributed by atoms with E-state index in [0.29, 0.717) is 31.0 Å². The number of hydrogen-bond acceptors (Lipinski definition) is 7. The molecule has 0 aliphatic carbocycles. The number of ether oxygens (including phenoxy) is 1. The summed E-state index contributed by atoms with van der Waals surface area (Å²) in [6.07, 6.45) is 1.03. The molecule has 4 aromatic rings. The summed E-state index contributed by atoms with van der Waals surface area (Å²) in [5.74, 6) is 1.40. The highest BCUT2D eigenvalue weighted by molar-refractivity contribution is 5.87. The van der Waals surface area contributed by atoms with E-state index in [1.165, 1.54) is 12.1 Å². The first kappa shape index (κ1) is 27.9. The minimum absolute atomic E-state index is 0.0344. The molecule has 12 heteroatoms. The van der Waals surface area contributed by atoms with Gasteiger partial charge in [0.2, 0.25) is 0 Å². The van der Waals surface area contributed by atoms with E-state index < -0.39 is 17.8 Å². The molecule has 2 aliphatic heterocycles. The van der Waals surface area contributed by atoms with E-state index in [0.717, 1.165) is 42.3 Å². The van der Waals surface area contributed by atoms with Crippen molar-refractivity contribution in [2.75, 3.05) is 24.6 Å². The average Bonchev–Trinajstić information content (AvgIpc) is 3.67.